The zero-order chi connectivity index (χ0) is 22.0. The zero-order valence-corrected chi connectivity index (χ0v) is 16.3. The summed E-state index contributed by atoms with van der Waals surface area (Å²) in [5.41, 5.74) is 0.537. The number of carbonyl (C=O) groups is 1. The van der Waals surface area contributed by atoms with Gasteiger partial charge in [-0.3, -0.25) is 10.2 Å². The second-order valence-electron chi connectivity index (χ2n) is 7.21. The molecule has 1 aromatic carbocycles. The highest BCUT2D eigenvalue weighted by Gasteiger charge is 2.31. The van der Waals surface area contributed by atoms with Crippen LogP contribution in [0.25, 0.3) is 11.3 Å². The molecule has 0 aliphatic carbocycles. The van der Waals surface area contributed by atoms with Gasteiger partial charge in [0.15, 0.2) is 0 Å². The van der Waals surface area contributed by atoms with Crippen LogP contribution in [0, 0.1) is 0 Å². The Bertz CT molecular complexity index is 1090. The maximum Gasteiger partial charge on any atom is 0.416 e. The number of aromatic nitrogens is 2. The van der Waals surface area contributed by atoms with Gasteiger partial charge in [0.25, 0.3) is 0 Å². The summed E-state index contributed by atoms with van der Waals surface area (Å²) in [4.78, 5) is 22.8. The monoisotopic (exact) mass is 428 g/mol. The molecule has 1 aliphatic rings. The molecule has 0 bridgehead atoms. The normalized spacial score (nSPS) is 16.4. The van der Waals surface area contributed by atoms with Crippen molar-refractivity contribution in [2.45, 2.75) is 25.1 Å². The quantitative estimate of drug-likeness (QED) is 0.630. The maximum absolute atomic E-state index is 13.1. The number of urea groups is 1. The number of aliphatic hydroxyl groups excluding tert-OH is 1. The molecule has 2 amide bonds. The molecule has 6 nitrogen and oxygen atoms in total. The van der Waals surface area contributed by atoms with E-state index in [0.29, 0.717) is 30.2 Å². The van der Waals surface area contributed by atoms with Gasteiger partial charge in [-0.2, -0.15) is 13.2 Å². The first-order chi connectivity index (χ1) is 14.8. The highest BCUT2D eigenvalue weighted by molar-refractivity contribution is 6.01. The van der Waals surface area contributed by atoms with Gasteiger partial charge in [0.1, 0.15) is 11.6 Å². The fourth-order valence-corrected chi connectivity index (χ4v) is 3.43. The fraction of sp³-hybridized carbons (Fsp3) is 0.227. The van der Waals surface area contributed by atoms with Gasteiger partial charge in [-0.1, -0.05) is 24.3 Å². The van der Waals surface area contributed by atoms with Gasteiger partial charge in [-0.05, 0) is 48.7 Å². The molecule has 1 aliphatic heterocycles. The molecule has 9 heteroatoms. The molecule has 160 valence electrons. The standard InChI is InChI=1S/C22H19F3N4O2/c23-22(24,25)16-5-3-4-15(12-16)18-10-8-14-7-9-17(30)13-29(20(14)27-18)21(31)28-19-6-1-2-11-26-19/h1-6,8,10-12,17,30H,7,9,13H2,(H,26,28,31). The molecule has 3 heterocycles. The summed E-state index contributed by atoms with van der Waals surface area (Å²) in [6, 6.07) is 12.8. The number of hydrogen-bond donors (Lipinski definition) is 2. The molecule has 3 aromatic rings. The summed E-state index contributed by atoms with van der Waals surface area (Å²) in [6.45, 7) is 0.00467. The van der Waals surface area contributed by atoms with E-state index in [-0.39, 0.29) is 12.1 Å². The predicted octanol–water partition coefficient (Wildman–Crippen LogP) is 4.51. The molecule has 0 saturated heterocycles. The molecular formula is C22H19F3N4O2. The van der Waals surface area contributed by atoms with E-state index < -0.39 is 23.9 Å². The number of nitrogens with zero attached hydrogens (tertiary/aromatic N) is 3. The van der Waals surface area contributed by atoms with Crippen molar-refractivity contribution in [3.8, 4) is 11.3 Å². The number of anilines is 2. The van der Waals surface area contributed by atoms with Gasteiger partial charge in [-0.15, -0.1) is 0 Å². The van der Waals surface area contributed by atoms with Crippen LogP contribution < -0.4 is 10.2 Å². The van der Waals surface area contributed by atoms with Crippen molar-refractivity contribution < 1.29 is 23.1 Å². The van der Waals surface area contributed by atoms with Gasteiger partial charge in [0.2, 0.25) is 0 Å². The van der Waals surface area contributed by atoms with Crippen LogP contribution in [0.4, 0.5) is 29.6 Å². The van der Waals surface area contributed by atoms with Gasteiger partial charge < -0.3 is 5.11 Å². The van der Waals surface area contributed by atoms with Crippen molar-refractivity contribution in [2.75, 3.05) is 16.8 Å². The molecule has 0 spiro atoms. The number of carbonyl (C=O) groups excluding carboxylic acids is 1. The van der Waals surface area contributed by atoms with Crippen molar-refractivity contribution in [2.24, 2.45) is 0 Å². The minimum Gasteiger partial charge on any atom is -0.391 e. The molecule has 0 radical (unpaired) electrons. The number of benzene rings is 1. The summed E-state index contributed by atoms with van der Waals surface area (Å²) < 4.78 is 39.3. The van der Waals surface area contributed by atoms with Crippen LogP contribution in [-0.4, -0.2) is 33.8 Å². The van der Waals surface area contributed by atoms with Gasteiger partial charge in [0.05, 0.1) is 23.9 Å². The van der Waals surface area contributed by atoms with Crippen LogP contribution in [0.2, 0.25) is 0 Å². The number of hydrogen-bond acceptors (Lipinski definition) is 4. The smallest absolute Gasteiger partial charge is 0.391 e. The molecule has 2 aromatic heterocycles. The zero-order valence-electron chi connectivity index (χ0n) is 16.3. The molecule has 4 rings (SSSR count). The van der Waals surface area contributed by atoms with Crippen molar-refractivity contribution in [1.29, 1.82) is 0 Å². The Hall–Kier alpha value is -3.46. The lowest BCUT2D eigenvalue weighted by Gasteiger charge is -2.24. The highest BCUT2D eigenvalue weighted by Crippen LogP contribution is 2.33. The average Bonchev–Trinajstić information content (AvgIpc) is 2.92. The lowest BCUT2D eigenvalue weighted by Crippen LogP contribution is -2.40. The number of amides is 2. The molecule has 0 fully saturated rings. The Morgan fingerprint density at radius 2 is 1.97 bits per heavy atom. The molecule has 1 unspecified atom stereocenters. The van der Waals surface area contributed by atoms with Crippen molar-refractivity contribution >= 4 is 17.7 Å². The summed E-state index contributed by atoms with van der Waals surface area (Å²) in [5, 5.41) is 12.9. The topological polar surface area (TPSA) is 78.4 Å². The Balaban J connectivity index is 1.71. The summed E-state index contributed by atoms with van der Waals surface area (Å²) in [5.74, 6) is 0.640. The number of nitrogens with one attached hydrogen (secondary N) is 1. The SMILES string of the molecule is O=C(Nc1ccccn1)N1CC(O)CCc2ccc(-c3cccc(C(F)(F)F)c3)nc21. The number of β-amino-alcohol motifs (C(OH)–C–C–N with tert-alkyl or cyclic N) is 1. The van der Waals surface area contributed by atoms with E-state index in [4.69, 9.17) is 0 Å². The number of pyridine rings is 2. The van der Waals surface area contributed by atoms with E-state index in [2.05, 4.69) is 15.3 Å². The van der Waals surface area contributed by atoms with Crippen LogP contribution in [0.1, 0.15) is 17.5 Å². The number of rotatable bonds is 2. The van der Waals surface area contributed by atoms with E-state index in [0.717, 1.165) is 17.7 Å². The number of aliphatic hydroxyl groups is 1. The first kappa shape index (κ1) is 20.8. The Morgan fingerprint density at radius 3 is 2.71 bits per heavy atom. The first-order valence-corrected chi connectivity index (χ1v) is 9.66. The summed E-state index contributed by atoms with van der Waals surface area (Å²) >= 11 is 0. The van der Waals surface area contributed by atoms with Crippen LogP contribution in [-0.2, 0) is 12.6 Å². The van der Waals surface area contributed by atoms with Crippen LogP contribution in [0.5, 0.6) is 0 Å². The lowest BCUT2D eigenvalue weighted by molar-refractivity contribution is -0.137. The summed E-state index contributed by atoms with van der Waals surface area (Å²) in [6.07, 6.45) is -2.78. The minimum atomic E-state index is -4.47. The maximum atomic E-state index is 13.1. The number of alkyl halides is 3. The van der Waals surface area contributed by atoms with Crippen molar-refractivity contribution in [1.82, 2.24) is 9.97 Å². The Morgan fingerprint density at radius 1 is 1.13 bits per heavy atom. The third kappa shape index (κ3) is 4.66. The lowest BCUT2D eigenvalue weighted by atomic mass is 10.0. The number of aryl methyl sites for hydroxylation is 1. The Kier molecular flexibility index (Phi) is 5.60. The van der Waals surface area contributed by atoms with E-state index in [1.807, 2.05) is 0 Å². The van der Waals surface area contributed by atoms with E-state index in [1.54, 1.807) is 30.3 Å². The van der Waals surface area contributed by atoms with Crippen LogP contribution >= 0.6 is 0 Å². The molecular weight excluding hydrogens is 409 g/mol. The van der Waals surface area contributed by atoms with Crippen molar-refractivity contribution in [3.05, 3.63) is 71.9 Å². The number of fused-ring (bicyclic) bond motifs is 1. The van der Waals surface area contributed by atoms with Crippen LogP contribution in [0.15, 0.2) is 60.8 Å². The summed E-state index contributed by atoms with van der Waals surface area (Å²) in [7, 11) is 0. The second-order valence-corrected chi connectivity index (χ2v) is 7.21. The van der Waals surface area contributed by atoms with E-state index in [9.17, 15) is 23.1 Å². The van der Waals surface area contributed by atoms with Crippen molar-refractivity contribution in [3.63, 3.8) is 0 Å². The van der Waals surface area contributed by atoms with Crippen LogP contribution in [0.3, 0.4) is 0 Å². The number of halogens is 3. The third-order valence-corrected chi connectivity index (χ3v) is 4.98. The third-order valence-electron chi connectivity index (χ3n) is 4.98. The Labute approximate surface area is 176 Å². The molecule has 1 atom stereocenters. The average molecular weight is 428 g/mol. The highest BCUT2D eigenvalue weighted by atomic mass is 19.4. The predicted molar refractivity (Wildman–Crippen MR) is 110 cm³/mol. The molecule has 0 saturated carbocycles. The molecule has 31 heavy (non-hydrogen) atoms. The fourth-order valence-electron chi connectivity index (χ4n) is 3.43. The van der Waals surface area contributed by atoms with E-state index >= 15 is 0 Å². The van der Waals surface area contributed by atoms with Gasteiger partial charge >= 0.3 is 12.2 Å². The van der Waals surface area contributed by atoms with E-state index in [1.165, 1.54) is 23.2 Å². The second kappa shape index (κ2) is 8.35. The first-order valence-electron chi connectivity index (χ1n) is 9.66. The minimum absolute atomic E-state index is 0.00467. The van der Waals surface area contributed by atoms with Gasteiger partial charge in [-0.25, -0.2) is 14.8 Å². The van der Waals surface area contributed by atoms with Gasteiger partial charge in [0, 0.05) is 11.8 Å². The largest absolute Gasteiger partial charge is 0.416 e. The molecule has 2 N–H and O–H groups in total.